The number of hydrogen-bond acceptors (Lipinski definition) is 5. The van der Waals surface area contributed by atoms with Crippen LogP contribution in [0.15, 0.2) is 73.4 Å². The average molecular weight is 384 g/mol. The van der Waals surface area contributed by atoms with Crippen LogP contribution in [0.3, 0.4) is 0 Å². The second-order valence-corrected chi connectivity index (χ2v) is 7.53. The number of nitrogens with one attached hydrogen (secondary N) is 1. The molecule has 0 saturated carbocycles. The molecule has 2 aromatic heterocycles. The molecule has 0 spiro atoms. The molecule has 0 bridgehead atoms. The fourth-order valence-corrected chi connectivity index (χ4v) is 3.98. The number of anilines is 1. The van der Waals surface area contributed by atoms with E-state index in [0.717, 1.165) is 43.7 Å². The first-order valence-electron chi connectivity index (χ1n) is 10.1. The predicted molar refractivity (Wildman–Crippen MR) is 115 cm³/mol. The van der Waals surface area contributed by atoms with Gasteiger partial charge in [0.15, 0.2) is 0 Å². The van der Waals surface area contributed by atoms with Crippen molar-refractivity contribution in [3.8, 4) is 5.69 Å². The van der Waals surface area contributed by atoms with Crippen LogP contribution in [-0.4, -0.2) is 38.9 Å². The van der Waals surface area contributed by atoms with E-state index in [9.17, 15) is 0 Å². The van der Waals surface area contributed by atoms with Gasteiger partial charge in [-0.15, -0.1) is 0 Å². The number of pyridine rings is 1. The highest BCUT2D eigenvalue weighted by Gasteiger charge is 2.19. The molecule has 2 aromatic carbocycles. The number of benzene rings is 2. The molecule has 1 aliphatic heterocycles. The van der Waals surface area contributed by atoms with Crippen LogP contribution in [0.5, 0.6) is 0 Å². The lowest BCUT2D eigenvalue weighted by atomic mass is 10.0. The van der Waals surface area contributed by atoms with E-state index in [4.69, 9.17) is 0 Å². The Balaban J connectivity index is 1.15. The predicted octanol–water partition coefficient (Wildman–Crippen LogP) is 3.57. The lowest BCUT2D eigenvalue weighted by Gasteiger charge is -2.34. The molecular formula is C23H24N6. The van der Waals surface area contributed by atoms with E-state index < -0.39 is 0 Å². The first kappa shape index (κ1) is 17.8. The minimum atomic E-state index is 0.548. The van der Waals surface area contributed by atoms with Crippen molar-refractivity contribution < 1.29 is 0 Å². The Morgan fingerprint density at radius 1 is 0.966 bits per heavy atom. The van der Waals surface area contributed by atoms with Crippen molar-refractivity contribution >= 4 is 16.6 Å². The molecule has 0 atom stereocenters. The summed E-state index contributed by atoms with van der Waals surface area (Å²) in [6, 6.07) is 19.6. The molecular weight excluding hydrogens is 360 g/mol. The van der Waals surface area contributed by atoms with Gasteiger partial charge in [0.25, 0.3) is 0 Å². The van der Waals surface area contributed by atoms with Crippen LogP contribution in [-0.2, 0) is 6.54 Å². The molecule has 0 amide bonds. The summed E-state index contributed by atoms with van der Waals surface area (Å²) < 4.78 is 1.78. The monoisotopic (exact) mass is 384 g/mol. The summed E-state index contributed by atoms with van der Waals surface area (Å²) in [5.74, 6) is 0. The molecule has 6 nitrogen and oxygen atoms in total. The van der Waals surface area contributed by atoms with E-state index in [1.54, 1.807) is 17.3 Å². The molecule has 6 heteroatoms. The van der Waals surface area contributed by atoms with Crippen LogP contribution >= 0.6 is 0 Å². The molecule has 0 aliphatic carbocycles. The Labute approximate surface area is 170 Å². The fourth-order valence-electron chi connectivity index (χ4n) is 3.98. The Bertz CT molecular complexity index is 1070. The third-order valence-electron chi connectivity index (χ3n) is 5.64. The molecule has 1 N–H and O–H groups in total. The van der Waals surface area contributed by atoms with Gasteiger partial charge >= 0.3 is 0 Å². The molecule has 0 unspecified atom stereocenters. The van der Waals surface area contributed by atoms with Gasteiger partial charge in [-0.25, -0.2) is 9.67 Å². The summed E-state index contributed by atoms with van der Waals surface area (Å²) in [7, 11) is 0. The quantitative estimate of drug-likeness (QED) is 0.570. The number of nitrogens with zero attached hydrogens (tertiary/aromatic N) is 5. The Morgan fingerprint density at radius 2 is 1.76 bits per heavy atom. The topological polar surface area (TPSA) is 58.9 Å². The molecule has 3 heterocycles. The van der Waals surface area contributed by atoms with Crippen molar-refractivity contribution in [1.82, 2.24) is 25.1 Å². The average Bonchev–Trinajstić information content (AvgIpc) is 3.33. The molecule has 1 saturated heterocycles. The highest BCUT2D eigenvalue weighted by molar-refractivity contribution is 5.78. The molecule has 146 valence electrons. The van der Waals surface area contributed by atoms with E-state index in [1.807, 2.05) is 12.3 Å². The SMILES string of the molecule is c1ccc2ncc(CNC3CCN(c4ccc(-n5cncn5)cc4)CC3)cc2c1. The van der Waals surface area contributed by atoms with Crippen LogP contribution in [0, 0.1) is 0 Å². The van der Waals surface area contributed by atoms with Gasteiger partial charge in [-0.05, 0) is 54.8 Å². The van der Waals surface area contributed by atoms with E-state index in [0.29, 0.717) is 6.04 Å². The van der Waals surface area contributed by atoms with Crippen LogP contribution in [0.2, 0.25) is 0 Å². The first-order valence-corrected chi connectivity index (χ1v) is 10.1. The number of rotatable bonds is 5. The summed E-state index contributed by atoms with van der Waals surface area (Å²) >= 11 is 0. The van der Waals surface area contributed by atoms with Gasteiger partial charge < -0.3 is 10.2 Å². The number of piperidine rings is 1. The minimum Gasteiger partial charge on any atom is -0.371 e. The summed E-state index contributed by atoms with van der Waals surface area (Å²) in [5, 5.41) is 9.10. The molecule has 29 heavy (non-hydrogen) atoms. The third-order valence-corrected chi connectivity index (χ3v) is 5.64. The third kappa shape index (κ3) is 3.98. The van der Waals surface area contributed by atoms with Crippen LogP contribution in [0.25, 0.3) is 16.6 Å². The molecule has 0 radical (unpaired) electrons. The van der Waals surface area contributed by atoms with Crippen LogP contribution in [0.4, 0.5) is 5.69 Å². The molecule has 5 rings (SSSR count). The summed E-state index contributed by atoms with van der Waals surface area (Å²) in [6.07, 6.45) is 7.55. The maximum atomic E-state index is 4.56. The second kappa shape index (κ2) is 8.01. The standard InChI is InChI=1S/C23H24N6/c1-2-4-23-19(3-1)13-18(15-26-23)14-25-20-9-11-28(12-10-20)21-5-7-22(8-6-21)29-17-24-16-27-29/h1-8,13,15-17,20,25H,9-12,14H2. The summed E-state index contributed by atoms with van der Waals surface area (Å²) in [4.78, 5) is 11.0. The number of para-hydroxylation sites is 1. The van der Waals surface area contributed by atoms with Crippen molar-refractivity contribution in [2.24, 2.45) is 0 Å². The maximum absolute atomic E-state index is 4.56. The van der Waals surface area contributed by atoms with E-state index >= 15 is 0 Å². The van der Waals surface area contributed by atoms with Crippen LogP contribution < -0.4 is 10.2 Å². The zero-order valence-corrected chi connectivity index (χ0v) is 16.3. The van der Waals surface area contributed by atoms with Crippen LogP contribution in [0.1, 0.15) is 18.4 Å². The zero-order valence-electron chi connectivity index (χ0n) is 16.3. The van der Waals surface area contributed by atoms with Gasteiger partial charge in [-0.3, -0.25) is 4.98 Å². The smallest absolute Gasteiger partial charge is 0.138 e. The normalized spacial score (nSPS) is 15.1. The van der Waals surface area contributed by atoms with Gasteiger partial charge in [0.1, 0.15) is 12.7 Å². The summed E-state index contributed by atoms with van der Waals surface area (Å²) in [6.45, 7) is 3.00. The second-order valence-electron chi connectivity index (χ2n) is 7.53. The van der Waals surface area contributed by atoms with Crippen molar-refractivity contribution in [1.29, 1.82) is 0 Å². The lowest BCUT2D eigenvalue weighted by molar-refractivity contribution is 0.414. The summed E-state index contributed by atoms with van der Waals surface area (Å²) in [5.41, 5.74) is 4.60. The first-order chi connectivity index (χ1) is 14.3. The Morgan fingerprint density at radius 3 is 2.55 bits per heavy atom. The molecule has 1 fully saturated rings. The van der Waals surface area contributed by atoms with Gasteiger partial charge in [-0.1, -0.05) is 18.2 Å². The van der Waals surface area contributed by atoms with Gasteiger partial charge in [0.2, 0.25) is 0 Å². The van der Waals surface area contributed by atoms with E-state index in [-0.39, 0.29) is 0 Å². The number of aromatic nitrogens is 4. The molecule has 4 aromatic rings. The van der Waals surface area contributed by atoms with Crippen molar-refractivity contribution in [2.45, 2.75) is 25.4 Å². The van der Waals surface area contributed by atoms with Crippen molar-refractivity contribution in [2.75, 3.05) is 18.0 Å². The largest absolute Gasteiger partial charge is 0.371 e. The number of fused-ring (bicyclic) bond motifs is 1. The number of hydrogen-bond donors (Lipinski definition) is 1. The van der Waals surface area contributed by atoms with E-state index in [2.05, 4.69) is 73.8 Å². The minimum absolute atomic E-state index is 0.548. The van der Waals surface area contributed by atoms with E-state index in [1.165, 1.54) is 16.6 Å². The fraction of sp³-hybridized carbons (Fsp3) is 0.261. The van der Waals surface area contributed by atoms with Gasteiger partial charge in [0, 0.05) is 42.9 Å². The van der Waals surface area contributed by atoms with Gasteiger partial charge in [-0.2, -0.15) is 5.10 Å². The molecule has 1 aliphatic rings. The van der Waals surface area contributed by atoms with Crippen molar-refractivity contribution in [3.63, 3.8) is 0 Å². The van der Waals surface area contributed by atoms with Crippen molar-refractivity contribution in [3.05, 3.63) is 79.0 Å². The maximum Gasteiger partial charge on any atom is 0.138 e. The Hall–Kier alpha value is -3.25. The Kier molecular flexibility index (Phi) is 4.92. The lowest BCUT2D eigenvalue weighted by Crippen LogP contribution is -2.42. The zero-order chi connectivity index (χ0) is 19.5. The van der Waals surface area contributed by atoms with Gasteiger partial charge in [0.05, 0.1) is 11.2 Å². The highest BCUT2D eigenvalue weighted by Crippen LogP contribution is 2.22. The highest BCUT2D eigenvalue weighted by atomic mass is 15.3.